The molecule has 4 rings (SSSR count). The number of fused-ring (bicyclic) bond motifs is 1. The number of guanidine groups is 1. The van der Waals surface area contributed by atoms with Crippen molar-refractivity contribution in [3.05, 3.63) is 47.5 Å². The monoisotopic (exact) mass is 512 g/mol. The number of halogens is 2. The first-order chi connectivity index (χ1) is 13.1. The molecule has 1 aliphatic heterocycles. The zero-order valence-electron chi connectivity index (χ0n) is 15.5. The molecule has 0 saturated carbocycles. The summed E-state index contributed by atoms with van der Waals surface area (Å²) in [5.41, 5.74) is 8.11. The van der Waals surface area contributed by atoms with E-state index in [9.17, 15) is 0 Å². The average Bonchev–Trinajstić information content (AvgIpc) is 3.01. The molecule has 0 atom stereocenters. The molecule has 10 heteroatoms. The molecule has 0 bridgehead atoms. The summed E-state index contributed by atoms with van der Waals surface area (Å²) in [5, 5.41) is 0.676. The van der Waals surface area contributed by atoms with Crippen LogP contribution in [0.15, 0.2) is 41.7 Å². The van der Waals surface area contributed by atoms with Crippen LogP contribution in [0.4, 0.5) is 5.95 Å². The number of nitrogens with zero attached hydrogens (tertiary/aromatic N) is 7. The lowest BCUT2D eigenvalue weighted by Gasteiger charge is -2.35. The van der Waals surface area contributed by atoms with Crippen LogP contribution < -0.4 is 10.6 Å². The van der Waals surface area contributed by atoms with Crippen LogP contribution in [-0.4, -0.2) is 56.6 Å². The smallest absolute Gasteiger partial charge is 0.225 e. The number of aliphatic imine (C=N–C) groups is 1. The number of imidazole rings is 1. The van der Waals surface area contributed by atoms with Gasteiger partial charge in [-0.05, 0) is 24.3 Å². The number of hydrogen-bond donors (Lipinski definition) is 1. The highest BCUT2D eigenvalue weighted by Crippen LogP contribution is 2.20. The first-order valence-corrected chi connectivity index (χ1v) is 9.17. The predicted molar refractivity (Wildman–Crippen MR) is 122 cm³/mol. The highest BCUT2D eigenvalue weighted by molar-refractivity contribution is 14.0. The van der Waals surface area contributed by atoms with Gasteiger partial charge >= 0.3 is 0 Å². The Morgan fingerprint density at radius 3 is 2.61 bits per heavy atom. The van der Waals surface area contributed by atoms with Crippen LogP contribution in [0.25, 0.3) is 11.0 Å². The molecular formula is C18H22ClIN8. The van der Waals surface area contributed by atoms with Crippen molar-refractivity contribution >= 4 is 58.5 Å². The maximum absolute atomic E-state index is 6.22. The second-order valence-electron chi connectivity index (χ2n) is 6.42. The third kappa shape index (κ3) is 4.30. The number of nitrogens with two attached hydrogens (primary N) is 1. The van der Waals surface area contributed by atoms with E-state index in [-0.39, 0.29) is 24.0 Å². The van der Waals surface area contributed by atoms with Crippen molar-refractivity contribution in [2.24, 2.45) is 17.8 Å². The first-order valence-electron chi connectivity index (χ1n) is 8.79. The number of benzene rings is 1. The Kier molecular flexibility index (Phi) is 6.55. The zero-order chi connectivity index (χ0) is 18.8. The van der Waals surface area contributed by atoms with E-state index in [4.69, 9.17) is 17.3 Å². The lowest BCUT2D eigenvalue weighted by Crippen LogP contribution is -2.51. The van der Waals surface area contributed by atoms with Crippen LogP contribution in [0.2, 0.25) is 5.02 Å². The minimum Gasteiger partial charge on any atom is -0.370 e. The predicted octanol–water partition coefficient (Wildman–Crippen LogP) is 2.27. The molecule has 3 aromatic rings. The van der Waals surface area contributed by atoms with Gasteiger partial charge in [-0.3, -0.25) is 0 Å². The van der Waals surface area contributed by atoms with Crippen molar-refractivity contribution < 1.29 is 0 Å². The molecule has 1 saturated heterocycles. The normalized spacial score (nSPS) is 15.0. The summed E-state index contributed by atoms with van der Waals surface area (Å²) in [5.74, 6) is 2.14. The highest BCUT2D eigenvalue weighted by Gasteiger charge is 2.20. The maximum Gasteiger partial charge on any atom is 0.225 e. The molecule has 0 unspecified atom stereocenters. The van der Waals surface area contributed by atoms with E-state index >= 15 is 0 Å². The molecule has 0 amide bonds. The van der Waals surface area contributed by atoms with Crippen LogP contribution >= 0.6 is 35.6 Å². The zero-order valence-corrected chi connectivity index (χ0v) is 18.6. The van der Waals surface area contributed by atoms with Crippen LogP contribution in [0, 0.1) is 0 Å². The second kappa shape index (κ2) is 8.91. The highest BCUT2D eigenvalue weighted by atomic mass is 127. The number of anilines is 1. The van der Waals surface area contributed by atoms with Gasteiger partial charge in [-0.2, -0.15) is 0 Å². The van der Waals surface area contributed by atoms with Gasteiger partial charge in [-0.15, -0.1) is 24.0 Å². The molecule has 0 aliphatic carbocycles. The van der Waals surface area contributed by atoms with Crippen molar-refractivity contribution in [1.82, 2.24) is 24.4 Å². The van der Waals surface area contributed by atoms with E-state index in [0.29, 0.717) is 17.5 Å². The number of aryl methyl sites for hydroxylation is 1. The van der Waals surface area contributed by atoms with Gasteiger partial charge in [0.15, 0.2) is 5.96 Å². The van der Waals surface area contributed by atoms with Gasteiger partial charge in [-0.1, -0.05) is 11.6 Å². The van der Waals surface area contributed by atoms with E-state index in [1.165, 1.54) is 0 Å². The van der Waals surface area contributed by atoms with Crippen molar-refractivity contribution in [2.45, 2.75) is 6.54 Å². The molecule has 148 valence electrons. The van der Waals surface area contributed by atoms with E-state index in [2.05, 4.69) is 29.7 Å². The average molecular weight is 513 g/mol. The molecule has 1 aliphatic rings. The van der Waals surface area contributed by atoms with Crippen molar-refractivity contribution in [3.63, 3.8) is 0 Å². The largest absolute Gasteiger partial charge is 0.370 e. The number of piperazine rings is 1. The summed E-state index contributed by atoms with van der Waals surface area (Å²) in [6.45, 7) is 3.62. The van der Waals surface area contributed by atoms with Crippen LogP contribution in [0.3, 0.4) is 0 Å². The summed E-state index contributed by atoms with van der Waals surface area (Å²) >= 11 is 6.05. The lowest BCUT2D eigenvalue weighted by molar-refractivity contribution is 0.378. The van der Waals surface area contributed by atoms with Crippen LogP contribution in [-0.2, 0) is 13.6 Å². The van der Waals surface area contributed by atoms with Crippen molar-refractivity contribution in [1.29, 1.82) is 0 Å². The Bertz CT molecular complexity index is 966. The minimum atomic E-state index is 0. The maximum atomic E-state index is 6.22. The number of rotatable bonds is 3. The summed E-state index contributed by atoms with van der Waals surface area (Å²) in [7, 11) is 1.98. The van der Waals surface area contributed by atoms with Crippen LogP contribution in [0.1, 0.15) is 5.82 Å². The molecule has 2 aromatic heterocycles. The molecule has 8 nitrogen and oxygen atoms in total. The van der Waals surface area contributed by atoms with Gasteiger partial charge in [-0.25, -0.2) is 19.9 Å². The fourth-order valence-electron chi connectivity index (χ4n) is 3.21. The molecule has 1 fully saturated rings. The van der Waals surface area contributed by atoms with Gasteiger partial charge < -0.3 is 20.1 Å². The summed E-state index contributed by atoms with van der Waals surface area (Å²) < 4.78 is 2.02. The Morgan fingerprint density at radius 2 is 1.89 bits per heavy atom. The van der Waals surface area contributed by atoms with Gasteiger partial charge in [0.2, 0.25) is 5.95 Å². The Morgan fingerprint density at radius 1 is 1.18 bits per heavy atom. The second-order valence-corrected chi connectivity index (χ2v) is 6.85. The van der Waals surface area contributed by atoms with Gasteiger partial charge in [0.25, 0.3) is 0 Å². The van der Waals surface area contributed by atoms with Crippen molar-refractivity contribution in [3.8, 4) is 0 Å². The SMILES string of the molecule is Cn1c(CN=C(N)N2CCN(c3ncccn3)CC2)nc2cc(Cl)ccc21.I. The Hall–Kier alpha value is -2.14. The van der Waals surface area contributed by atoms with Gasteiger partial charge in [0, 0.05) is 50.6 Å². The molecule has 0 spiro atoms. The van der Waals surface area contributed by atoms with E-state index in [1.54, 1.807) is 12.4 Å². The third-order valence-corrected chi connectivity index (χ3v) is 4.99. The topological polar surface area (TPSA) is 88.5 Å². The Balaban J connectivity index is 0.00000225. The fraction of sp³-hybridized carbons (Fsp3) is 0.333. The molecule has 0 radical (unpaired) electrons. The quantitative estimate of drug-likeness (QED) is 0.329. The van der Waals surface area contributed by atoms with E-state index < -0.39 is 0 Å². The number of hydrogen-bond acceptors (Lipinski definition) is 5. The summed E-state index contributed by atoms with van der Waals surface area (Å²) in [4.78, 5) is 22.0. The molecule has 2 N–H and O–H groups in total. The summed E-state index contributed by atoms with van der Waals surface area (Å²) in [6.07, 6.45) is 3.52. The lowest BCUT2D eigenvalue weighted by atomic mass is 10.3. The molecule has 3 heterocycles. The van der Waals surface area contributed by atoms with Gasteiger partial charge in [0.1, 0.15) is 12.4 Å². The fourth-order valence-corrected chi connectivity index (χ4v) is 3.37. The van der Waals surface area contributed by atoms with E-state index in [1.807, 2.05) is 35.9 Å². The number of aromatic nitrogens is 4. The van der Waals surface area contributed by atoms with Crippen LogP contribution in [0.5, 0.6) is 0 Å². The van der Waals surface area contributed by atoms with Crippen molar-refractivity contribution in [2.75, 3.05) is 31.1 Å². The Labute approximate surface area is 185 Å². The molecular weight excluding hydrogens is 491 g/mol. The van der Waals surface area contributed by atoms with Gasteiger partial charge in [0.05, 0.1) is 11.0 Å². The standard InChI is InChI=1S/C18H21ClN8.HI/c1-25-15-4-3-13(19)11-14(15)24-16(25)12-23-17(20)26-7-9-27(10-8-26)18-21-5-2-6-22-18;/h2-6,11H,7-10,12H2,1H3,(H2,20,23);1H. The molecule has 28 heavy (non-hydrogen) atoms. The minimum absolute atomic E-state index is 0. The molecule has 1 aromatic carbocycles. The third-order valence-electron chi connectivity index (χ3n) is 4.76. The first kappa shape index (κ1) is 20.6. The summed E-state index contributed by atoms with van der Waals surface area (Å²) in [6, 6.07) is 7.51. The van der Waals surface area contributed by atoms with E-state index in [0.717, 1.165) is 49.0 Å².